The lowest BCUT2D eigenvalue weighted by molar-refractivity contribution is -0.246. The van der Waals surface area contributed by atoms with Crippen LogP contribution < -0.4 is 5.32 Å². The SMILES string of the molecule is COC(OC)(c1ccccc1)C1CNC(=O)C1. The Morgan fingerprint density at radius 3 is 2.35 bits per heavy atom. The Morgan fingerprint density at radius 2 is 1.88 bits per heavy atom. The summed E-state index contributed by atoms with van der Waals surface area (Å²) < 4.78 is 11.2. The van der Waals surface area contributed by atoms with Crippen LogP contribution in [0.1, 0.15) is 12.0 Å². The van der Waals surface area contributed by atoms with Crippen LogP contribution in [-0.2, 0) is 20.1 Å². The van der Waals surface area contributed by atoms with Gasteiger partial charge >= 0.3 is 0 Å². The van der Waals surface area contributed by atoms with Crippen LogP contribution in [-0.4, -0.2) is 26.7 Å². The van der Waals surface area contributed by atoms with Crippen LogP contribution >= 0.6 is 0 Å². The van der Waals surface area contributed by atoms with E-state index in [-0.39, 0.29) is 11.8 Å². The fraction of sp³-hybridized carbons (Fsp3) is 0.462. The second kappa shape index (κ2) is 4.85. The fourth-order valence-electron chi connectivity index (χ4n) is 2.43. The van der Waals surface area contributed by atoms with Gasteiger partial charge in [-0.05, 0) is 0 Å². The first-order valence-corrected chi connectivity index (χ1v) is 5.65. The van der Waals surface area contributed by atoms with Crippen molar-refractivity contribution in [3.05, 3.63) is 35.9 Å². The van der Waals surface area contributed by atoms with Crippen molar-refractivity contribution in [2.45, 2.75) is 12.2 Å². The molecule has 1 heterocycles. The molecule has 4 heteroatoms. The molecule has 2 rings (SSSR count). The number of benzene rings is 1. The molecule has 1 unspecified atom stereocenters. The third kappa shape index (κ3) is 2.06. The Bertz CT molecular complexity index is 387. The smallest absolute Gasteiger partial charge is 0.220 e. The van der Waals surface area contributed by atoms with Crippen molar-refractivity contribution in [2.75, 3.05) is 20.8 Å². The molecule has 0 spiro atoms. The Balaban J connectivity index is 2.35. The second-order valence-corrected chi connectivity index (χ2v) is 4.15. The van der Waals surface area contributed by atoms with E-state index in [1.165, 1.54) is 0 Å². The maximum atomic E-state index is 11.3. The average molecular weight is 235 g/mol. The highest BCUT2D eigenvalue weighted by Crippen LogP contribution is 2.37. The first-order chi connectivity index (χ1) is 8.23. The van der Waals surface area contributed by atoms with Crippen molar-refractivity contribution in [2.24, 2.45) is 5.92 Å². The van der Waals surface area contributed by atoms with Crippen molar-refractivity contribution >= 4 is 5.91 Å². The van der Waals surface area contributed by atoms with Crippen LogP contribution in [0.2, 0.25) is 0 Å². The monoisotopic (exact) mass is 235 g/mol. The minimum atomic E-state index is -0.847. The summed E-state index contributed by atoms with van der Waals surface area (Å²) in [6.45, 7) is 0.579. The first-order valence-electron chi connectivity index (χ1n) is 5.65. The predicted octanol–water partition coefficient (Wildman–Crippen LogP) is 1.27. The highest BCUT2D eigenvalue weighted by Gasteiger charge is 2.44. The number of hydrogen-bond acceptors (Lipinski definition) is 3. The van der Waals surface area contributed by atoms with E-state index in [1.54, 1.807) is 14.2 Å². The fourth-order valence-corrected chi connectivity index (χ4v) is 2.43. The van der Waals surface area contributed by atoms with Crippen LogP contribution in [0, 0.1) is 5.92 Å². The van der Waals surface area contributed by atoms with Crippen LogP contribution in [0.3, 0.4) is 0 Å². The van der Waals surface area contributed by atoms with E-state index >= 15 is 0 Å². The van der Waals surface area contributed by atoms with Gasteiger partial charge < -0.3 is 14.8 Å². The Morgan fingerprint density at radius 1 is 1.24 bits per heavy atom. The minimum absolute atomic E-state index is 0.00704. The summed E-state index contributed by atoms with van der Waals surface area (Å²) >= 11 is 0. The number of methoxy groups -OCH3 is 2. The van der Waals surface area contributed by atoms with E-state index in [0.717, 1.165) is 5.56 Å². The van der Waals surface area contributed by atoms with E-state index in [9.17, 15) is 4.79 Å². The van der Waals surface area contributed by atoms with Gasteiger partial charge in [-0.25, -0.2) is 0 Å². The number of nitrogens with one attached hydrogen (secondary N) is 1. The highest BCUT2D eigenvalue weighted by molar-refractivity contribution is 5.78. The van der Waals surface area contributed by atoms with Crippen molar-refractivity contribution in [3.63, 3.8) is 0 Å². The molecule has 17 heavy (non-hydrogen) atoms. The van der Waals surface area contributed by atoms with Crippen LogP contribution in [0.25, 0.3) is 0 Å². The molecule has 1 N–H and O–H groups in total. The van der Waals surface area contributed by atoms with Gasteiger partial charge in [0, 0.05) is 38.7 Å². The van der Waals surface area contributed by atoms with Crippen molar-refractivity contribution in [1.29, 1.82) is 0 Å². The Hall–Kier alpha value is -1.39. The molecule has 0 saturated carbocycles. The van der Waals surface area contributed by atoms with Crippen LogP contribution in [0.4, 0.5) is 0 Å². The van der Waals surface area contributed by atoms with E-state index in [0.29, 0.717) is 13.0 Å². The molecule has 1 atom stereocenters. The third-order valence-corrected chi connectivity index (χ3v) is 3.30. The second-order valence-electron chi connectivity index (χ2n) is 4.15. The summed E-state index contributed by atoms with van der Waals surface area (Å²) in [6.07, 6.45) is 0.427. The Labute approximate surface area is 101 Å². The maximum Gasteiger partial charge on any atom is 0.220 e. The molecular formula is C13H17NO3. The standard InChI is InChI=1S/C13H17NO3/c1-16-13(17-2,10-6-4-3-5-7-10)11-8-12(15)14-9-11/h3-7,11H,8-9H2,1-2H3,(H,14,15). The summed E-state index contributed by atoms with van der Waals surface area (Å²) in [5.74, 6) is -0.808. The lowest BCUT2D eigenvalue weighted by Crippen LogP contribution is -2.40. The van der Waals surface area contributed by atoms with Gasteiger partial charge in [-0.3, -0.25) is 4.79 Å². The summed E-state index contributed by atoms with van der Waals surface area (Å²) in [5, 5.41) is 2.81. The topological polar surface area (TPSA) is 47.6 Å². The molecule has 1 aromatic carbocycles. The van der Waals surface area contributed by atoms with Gasteiger partial charge in [-0.2, -0.15) is 0 Å². The molecule has 1 saturated heterocycles. The zero-order valence-corrected chi connectivity index (χ0v) is 10.1. The molecule has 0 aromatic heterocycles. The lowest BCUT2D eigenvalue weighted by Gasteiger charge is -2.35. The van der Waals surface area contributed by atoms with Crippen LogP contribution in [0.15, 0.2) is 30.3 Å². The quantitative estimate of drug-likeness (QED) is 0.799. The summed E-state index contributed by atoms with van der Waals surface area (Å²) in [6, 6.07) is 9.72. The maximum absolute atomic E-state index is 11.3. The average Bonchev–Trinajstić information content (AvgIpc) is 2.80. The van der Waals surface area contributed by atoms with Gasteiger partial charge in [0.25, 0.3) is 0 Å². The summed E-state index contributed by atoms with van der Waals surface area (Å²) in [5.41, 5.74) is 0.937. The van der Waals surface area contributed by atoms with Gasteiger partial charge in [0.15, 0.2) is 5.79 Å². The molecule has 0 radical (unpaired) electrons. The third-order valence-electron chi connectivity index (χ3n) is 3.30. The highest BCUT2D eigenvalue weighted by atomic mass is 16.7. The van der Waals surface area contributed by atoms with E-state index < -0.39 is 5.79 Å². The molecule has 92 valence electrons. The Kier molecular flexibility index (Phi) is 3.45. The number of hydrogen-bond donors (Lipinski definition) is 1. The summed E-state index contributed by atoms with van der Waals surface area (Å²) in [4.78, 5) is 11.3. The van der Waals surface area contributed by atoms with E-state index in [4.69, 9.17) is 9.47 Å². The molecule has 1 amide bonds. The lowest BCUT2D eigenvalue weighted by atomic mass is 9.90. The molecule has 1 fully saturated rings. The molecule has 0 bridgehead atoms. The molecule has 4 nitrogen and oxygen atoms in total. The van der Waals surface area contributed by atoms with E-state index in [1.807, 2.05) is 30.3 Å². The zero-order valence-electron chi connectivity index (χ0n) is 10.1. The minimum Gasteiger partial charge on any atom is -0.356 e. The number of rotatable bonds is 4. The molecular weight excluding hydrogens is 218 g/mol. The van der Waals surface area contributed by atoms with Crippen molar-refractivity contribution < 1.29 is 14.3 Å². The number of carbonyl (C=O) groups is 1. The number of carbonyl (C=O) groups excluding carboxylic acids is 1. The number of ether oxygens (including phenoxy) is 2. The molecule has 1 aliphatic heterocycles. The number of amides is 1. The van der Waals surface area contributed by atoms with Crippen molar-refractivity contribution in [3.8, 4) is 0 Å². The van der Waals surface area contributed by atoms with Crippen molar-refractivity contribution in [1.82, 2.24) is 5.32 Å². The predicted molar refractivity (Wildman–Crippen MR) is 63.3 cm³/mol. The van der Waals surface area contributed by atoms with Gasteiger partial charge in [0.05, 0.1) is 0 Å². The largest absolute Gasteiger partial charge is 0.356 e. The van der Waals surface area contributed by atoms with E-state index in [2.05, 4.69) is 5.32 Å². The van der Waals surface area contributed by atoms with Gasteiger partial charge in [-0.1, -0.05) is 30.3 Å². The first kappa shape index (κ1) is 12.1. The normalized spacial score (nSPS) is 20.4. The zero-order chi connectivity index (χ0) is 12.3. The van der Waals surface area contributed by atoms with Gasteiger partial charge in [0.1, 0.15) is 0 Å². The van der Waals surface area contributed by atoms with Crippen LogP contribution in [0.5, 0.6) is 0 Å². The summed E-state index contributed by atoms with van der Waals surface area (Å²) in [7, 11) is 3.22. The molecule has 1 aliphatic rings. The molecule has 0 aliphatic carbocycles. The van der Waals surface area contributed by atoms with Gasteiger partial charge in [0.2, 0.25) is 5.91 Å². The van der Waals surface area contributed by atoms with Gasteiger partial charge in [-0.15, -0.1) is 0 Å². The molecule has 1 aromatic rings.